The standard InChI is InChI=1S/C24H28FIN4O3S/c1-24(2)12-15-19(21(32)27-8-4-10-30-9-3-5-18(30)31)23(34-20(15)22(33)28-13-24)29-17-7-6-14(26)11-16(17)25/h6-7,11,29H,3-5,8-10,12-13H2,1-2H3,(H,27,32)(H,28,33). The monoisotopic (exact) mass is 598 g/mol. The number of rotatable bonds is 7. The van der Waals surface area contributed by atoms with Gasteiger partial charge in [-0.25, -0.2) is 4.39 Å². The van der Waals surface area contributed by atoms with Gasteiger partial charge in [-0.15, -0.1) is 11.3 Å². The van der Waals surface area contributed by atoms with E-state index in [0.29, 0.717) is 59.9 Å². The largest absolute Gasteiger partial charge is 0.352 e. The molecular weight excluding hydrogens is 570 g/mol. The minimum Gasteiger partial charge on any atom is -0.352 e. The molecule has 1 aromatic carbocycles. The molecule has 0 saturated carbocycles. The Balaban J connectivity index is 1.59. The third-order valence-corrected chi connectivity index (χ3v) is 7.88. The predicted molar refractivity (Wildman–Crippen MR) is 139 cm³/mol. The first-order chi connectivity index (χ1) is 16.1. The summed E-state index contributed by atoms with van der Waals surface area (Å²) in [6.07, 6.45) is 2.66. The summed E-state index contributed by atoms with van der Waals surface area (Å²) in [5.74, 6) is -0.789. The summed E-state index contributed by atoms with van der Waals surface area (Å²) in [5, 5.41) is 9.40. The normalized spacial score (nSPS) is 17.2. The molecule has 0 unspecified atom stereocenters. The zero-order valence-corrected chi connectivity index (χ0v) is 22.2. The van der Waals surface area contributed by atoms with Gasteiger partial charge in [-0.2, -0.15) is 0 Å². The molecule has 2 aliphatic heterocycles. The van der Waals surface area contributed by atoms with Crippen molar-refractivity contribution in [2.45, 2.75) is 39.5 Å². The van der Waals surface area contributed by atoms with Crippen molar-refractivity contribution in [3.63, 3.8) is 0 Å². The van der Waals surface area contributed by atoms with Gasteiger partial charge in [-0.1, -0.05) is 13.8 Å². The van der Waals surface area contributed by atoms with Crippen LogP contribution in [0.4, 0.5) is 15.1 Å². The van der Waals surface area contributed by atoms with Crippen LogP contribution in [-0.4, -0.2) is 48.8 Å². The average Bonchev–Trinajstić information content (AvgIpc) is 3.31. The summed E-state index contributed by atoms with van der Waals surface area (Å²) in [4.78, 5) is 40.3. The summed E-state index contributed by atoms with van der Waals surface area (Å²) in [7, 11) is 0. The molecular formula is C24H28FIN4O3S. The van der Waals surface area contributed by atoms with E-state index >= 15 is 0 Å². The van der Waals surface area contributed by atoms with Crippen molar-refractivity contribution >= 4 is 62.3 Å². The number of hydrogen-bond donors (Lipinski definition) is 3. The van der Waals surface area contributed by atoms with Gasteiger partial charge in [0, 0.05) is 36.2 Å². The third kappa shape index (κ3) is 5.54. The Morgan fingerprint density at radius 2 is 2.12 bits per heavy atom. The van der Waals surface area contributed by atoms with Crippen molar-refractivity contribution in [1.29, 1.82) is 0 Å². The van der Waals surface area contributed by atoms with Crippen molar-refractivity contribution in [2.75, 3.05) is 31.5 Å². The second-order valence-corrected chi connectivity index (χ2v) is 11.7. The number of fused-ring (bicyclic) bond motifs is 1. The summed E-state index contributed by atoms with van der Waals surface area (Å²) in [5.41, 5.74) is 1.09. The molecule has 0 aliphatic carbocycles. The zero-order chi connectivity index (χ0) is 24.5. The first-order valence-corrected chi connectivity index (χ1v) is 13.3. The van der Waals surface area contributed by atoms with Crippen LogP contribution >= 0.6 is 33.9 Å². The van der Waals surface area contributed by atoms with Crippen LogP contribution in [0.15, 0.2) is 18.2 Å². The Morgan fingerprint density at radius 1 is 1.32 bits per heavy atom. The van der Waals surface area contributed by atoms with Crippen LogP contribution in [0.5, 0.6) is 0 Å². The maximum Gasteiger partial charge on any atom is 0.261 e. The molecule has 0 spiro atoms. The number of halogens is 2. The molecule has 0 atom stereocenters. The molecule has 0 bridgehead atoms. The fourth-order valence-corrected chi connectivity index (χ4v) is 5.90. The Morgan fingerprint density at radius 3 is 2.82 bits per heavy atom. The molecule has 0 radical (unpaired) electrons. The van der Waals surface area contributed by atoms with Gasteiger partial charge in [0.1, 0.15) is 10.8 Å². The Kier molecular flexibility index (Phi) is 7.46. The van der Waals surface area contributed by atoms with Crippen molar-refractivity contribution < 1.29 is 18.8 Å². The number of thiophene rings is 1. The number of carbonyl (C=O) groups is 3. The first-order valence-electron chi connectivity index (χ1n) is 11.4. The maximum atomic E-state index is 14.6. The van der Waals surface area contributed by atoms with Gasteiger partial charge in [0.2, 0.25) is 5.91 Å². The van der Waals surface area contributed by atoms with Crippen LogP contribution in [0.25, 0.3) is 0 Å². The highest BCUT2D eigenvalue weighted by molar-refractivity contribution is 14.1. The molecule has 4 rings (SSSR count). The number of amides is 3. The van der Waals surface area contributed by atoms with E-state index in [9.17, 15) is 18.8 Å². The minimum atomic E-state index is -0.429. The van der Waals surface area contributed by atoms with E-state index < -0.39 is 5.82 Å². The highest BCUT2D eigenvalue weighted by atomic mass is 127. The van der Waals surface area contributed by atoms with Crippen LogP contribution in [0.1, 0.15) is 58.7 Å². The summed E-state index contributed by atoms with van der Waals surface area (Å²) in [6, 6.07) is 4.82. The minimum absolute atomic E-state index is 0.161. The average molecular weight is 598 g/mol. The second-order valence-electron chi connectivity index (χ2n) is 9.48. The molecule has 3 N–H and O–H groups in total. The van der Waals surface area contributed by atoms with E-state index in [1.54, 1.807) is 12.1 Å². The van der Waals surface area contributed by atoms with Crippen molar-refractivity contribution in [3.8, 4) is 0 Å². The van der Waals surface area contributed by atoms with Crippen LogP contribution in [0.3, 0.4) is 0 Å². The van der Waals surface area contributed by atoms with Crippen LogP contribution in [-0.2, 0) is 11.2 Å². The fourth-order valence-electron chi connectivity index (χ4n) is 4.30. The van der Waals surface area contributed by atoms with Gasteiger partial charge in [0.25, 0.3) is 11.8 Å². The molecule has 2 aromatic rings. The van der Waals surface area contributed by atoms with E-state index in [4.69, 9.17) is 0 Å². The van der Waals surface area contributed by atoms with Crippen molar-refractivity contribution in [1.82, 2.24) is 15.5 Å². The lowest BCUT2D eigenvalue weighted by Gasteiger charge is -2.22. The fraction of sp³-hybridized carbons (Fsp3) is 0.458. The molecule has 1 aromatic heterocycles. The van der Waals surface area contributed by atoms with Crippen molar-refractivity contribution in [2.24, 2.45) is 5.41 Å². The first kappa shape index (κ1) is 24.9. The number of benzene rings is 1. The molecule has 3 heterocycles. The predicted octanol–water partition coefficient (Wildman–Crippen LogP) is 4.29. The van der Waals surface area contributed by atoms with E-state index in [2.05, 4.69) is 16.0 Å². The third-order valence-electron chi connectivity index (χ3n) is 6.06. The van der Waals surface area contributed by atoms with Gasteiger partial charge in [0.15, 0.2) is 0 Å². The number of nitrogens with one attached hydrogen (secondary N) is 3. The van der Waals surface area contributed by atoms with E-state index in [1.807, 2.05) is 41.3 Å². The Labute approximate surface area is 216 Å². The highest BCUT2D eigenvalue weighted by Gasteiger charge is 2.34. The SMILES string of the molecule is CC1(C)CNC(=O)c2sc(Nc3ccc(I)cc3F)c(C(=O)NCCCN3CCCC3=O)c2C1. The number of nitrogens with zero attached hydrogens (tertiary/aromatic N) is 1. The van der Waals surface area contributed by atoms with Gasteiger partial charge >= 0.3 is 0 Å². The van der Waals surface area contributed by atoms with Crippen LogP contribution < -0.4 is 16.0 Å². The molecule has 34 heavy (non-hydrogen) atoms. The molecule has 2 aliphatic rings. The van der Waals surface area contributed by atoms with Crippen LogP contribution in [0, 0.1) is 14.8 Å². The lowest BCUT2D eigenvalue weighted by atomic mass is 9.85. The van der Waals surface area contributed by atoms with Gasteiger partial charge < -0.3 is 20.9 Å². The summed E-state index contributed by atoms with van der Waals surface area (Å²) in [6.45, 7) is 6.37. The molecule has 7 nitrogen and oxygen atoms in total. The molecule has 1 saturated heterocycles. The molecule has 3 amide bonds. The molecule has 1 fully saturated rings. The maximum absolute atomic E-state index is 14.6. The summed E-state index contributed by atoms with van der Waals surface area (Å²) < 4.78 is 15.3. The number of hydrogen-bond acceptors (Lipinski definition) is 5. The second kappa shape index (κ2) is 10.2. The van der Waals surface area contributed by atoms with Gasteiger partial charge in [-0.3, -0.25) is 14.4 Å². The van der Waals surface area contributed by atoms with Gasteiger partial charge in [0.05, 0.1) is 16.1 Å². The molecule has 182 valence electrons. The Bertz CT molecular complexity index is 1130. The lowest BCUT2D eigenvalue weighted by Crippen LogP contribution is -2.32. The molecule has 10 heteroatoms. The number of likely N-dealkylation sites (tertiary alicyclic amines) is 1. The summed E-state index contributed by atoms with van der Waals surface area (Å²) >= 11 is 3.21. The number of carbonyl (C=O) groups excluding carboxylic acids is 3. The van der Waals surface area contributed by atoms with Gasteiger partial charge in [-0.05, 0) is 71.0 Å². The lowest BCUT2D eigenvalue weighted by molar-refractivity contribution is -0.127. The number of anilines is 2. The topological polar surface area (TPSA) is 90.5 Å². The van der Waals surface area contributed by atoms with Crippen molar-refractivity contribution in [3.05, 3.63) is 43.6 Å². The quantitative estimate of drug-likeness (QED) is 0.328. The van der Waals surface area contributed by atoms with E-state index in [0.717, 1.165) is 16.5 Å². The van der Waals surface area contributed by atoms with E-state index in [-0.39, 0.29) is 28.8 Å². The highest BCUT2D eigenvalue weighted by Crippen LogP contribution is 2.40. The Hall–Kier alpha value is -2.21. The smallest absolute Gasteiger partial charge is 0.261 e. The van der Waals surface area contributed by atoms with E-state index in [1.165, 1.54) is 17.4 Å². The zero-order valence-electron chi connectivity index (χ0n) is 19.2. The van der Waals surface area contributed by atoms with Crippen LogP contribution in [0.2, 0.25) is 0 Å².